The molecule has 0 aromatic heterocycles. The first-order valence-corrected chi connectivity index (χ1v) is 11.8. The molecule has 31 heavy (non-hydrogen) atoms. The summed E-state index contributed by atoms with van der Waals surface area (Å²) in [5.74, 6) is 0.630. The molecule has 0 bridgehead atoms. The van der Waals surface area contributed by atoms with Crippen LogP contribution in [0.1, 0.15) is 5.56 Å². The topological polar surface area (TPSA) is 88.2 Å². The van der Waals surface area contributed by atoms with E-state index >= 15 is 0 Å². The van der Waals surface area contributed by atoms with E-state index in [1.54, 1.807) is 31.4 Å². The van der Waals surface area contributed by atoms with Gasteiger partial charge in [0.05, 0.1) is 12.9 Å². The third-order valence-corrected chi connectivity index (χ3v) is 6.96. The Morgan fingerprint density at radius 1 is 1.03 bits per heavy atom. The summed E-state index contributed by atoms with van der Waals surface area (Å²) >= 11 is 0. The molecule has 1 fully saturated rings. The molecule has 9 heteroatoms. The van der Waals surface area contributed by atoms with E-state index in [9.17, 15) is 13.2 Å². The molecule has 3 rings (SSSR count). The largest absolute Gasteiger partial charge is 0.497 e. The number of hydrogen-bond acceptors (Lipinski definition) is 6. The van der Waals surface area contributed by atoms with Gasteiger partial charge in [-0.3, -0.25) is 4.79 Å². The number of nitrogens with zero attached hydrogens (tertiary/aromatic N) is 2. The number of anilines is 1. The predicted octanol–water partition coefficient (Wildman–Crippen LogP) is 1.65. The Hall–Kier alpha value is -2.78. The number of carbonyl (C=O) groups is 1. The Labute approximate surface area is 183 Å². The lowest BCUT2D eigenvalue weighted by Gasteiger charge is -2.35. The first kappa shape index (κ1) is 22.9. The maximum absolute atomic E-state index is 12.6. The number of aryl methyl sites for hydroxylation is 1. The average Bonchev–Trinajstić information content (AvgIpc) is 2.78. The summed E-state index contributed by atoms with van der Waals surface area (Å²) in [5, 5.41) is 2.61. The van der Waals surface area contributed by atoms with Gasteiger partial charge in [0.15, 0.2) is 6.61 Å². The molecule has 1 amide bonds. The highest BCUT2D eigenvalue weighted by Gasteiger charge is 2.26. The number of nitrogens with one attached hydrogen (secondary N) is 1. The standard InChI is InChI=1S/C22H29N3O5S/c1-18-5-3-6-19(15-18)24-10-12-25(13-11-24)31(27,28)14-9-23-22(26)17-30-21-8-4-7-20(16-21)29-2/h3-8,15-16H,9-14,17H2,1-2H3,(H,23,26). The van der Waals surface area contributed by atoms with Crippen LogP contribution in [-0.4, -0.2) is 70.8 Å². The van der Waals surface area contributed by atoms with E-state index in [0.29, 0.717) is 37.7 Å². The molecule has 2 aromatic carbocycles. The molecule has 0 spiro atoms. The van der Waals surface area contributed by atoms with Crippen LogP contribution in [0.2, 0.25) is 0 Å². The van der Waals surface area contributed by atoms with Crippen LogP contribution in [0.15, 0.2) is 48.5 Å². The van der Waals surface area contributed by atoms with Crippen molar-refractivity contribution in [3.05, 3.63) is 54.1 Å². The summed E-state index contributed by atoms with van der Waals surface area (Å²) in [6, 6.07) is 15.1. The minimum atomic E-state index is -3.43. The zero-order valence-corrected chi connectivity index (χ0v) is 18.7. The summed E-state index contributed by atoms with van der Waals surface area (Å²) in [4.78, 5) is 14.2. The van der Waals surface area contributed by atoms with E-state index < -0.39 is 10.0 Å². The van der Waals surface area contributed by atoms with Gasteiger partial charge in [0, 0.05) is 44.5 Å². The van der Waals surface area contributed by atoms with Crippen LogP contribution in [-0.2, 0) is 14.8 Å². The number of hydrogen-bond donors (Lipinski definition) is 1. The molecule has 1 N–H and O–H groups in total. The molecule has 1 aliphatic heterocycles. The molecule has 168 valence electrons. The molecule has 0 aliphatic carbocycles. The van der Waals surface area contributed by atoms with Crippen LogP contribution < -0.4 is 19.7 Å². The van der Waals surface area contributed by atoms with Gasteiger partial charge in [-0.05, 0) is 36.8 Å². The normalized spacial score (nSPS) is 14.8. The molecule has 8 nitrogen and oxygen atoms in total. The Morgan fingerprint density at radius 2 is 1.74 bits per heavy atom. The average molecular weight is 448 g/mol. The first-order chi connectivity index (χ1) is 14.9. The van der Waals surface area contributed by atoms with Crippen LogP contribution in [0.25, 0.3) is 0 Å². The van der Waals surface area contributed by atoms with Gasteiger partial charge in [0.2, 0.25) is 10.0 Å². The fraction of sp³-hybridized carbons (Fsp3) is 0.409. The van der Waals surface area contributed by atoms with Gasteiger partial charge in [-0.25, -0.2) is 8.42 Å². The van der Waals surface area contributed by atoms with Crippen LogP contribution in [0.5, 0.6) is 11.5 Å². The van der Waals surface area contributed by atoms with Crippen LogP contribution in [0, 0.1) is 6.92 Å². The van der Waals surface area contributed by atoms with Crippen molar-refractivity contribution in [2.24, 2.45) is 0 Å². The van der Waals surface area contributed by atoms with Crippen molar-refractivity contribution in [2.75, 3.05) is 57.1 Å². The van der Waals surface area contributed by atoms with E-state index in [2.05, 4.69) is 16.3 Å². The Balaban J connectivity index is 1.40. The number of sulfonamides is 1. The molecular weight excluding hydrogens is 418 g/mol. The highest BCUT2D eigenvalue weighted by atomic mass is 32.2. The summed E-state index contributed by atoms with van der Waals surface area (Å²) < 4.78 is 37.3. The van der Waals surface area contributed by atoms with Crippen LogP contribution in [0.4, 0.5) is 5.69 Å². The number of methoxy groups -OCH3 is 1. The maximum Gasteiger partial charge on any atom is 0.257 e. The van der Waals surface area contributed by atoms with Gasteiger partial charge in [-0.2, -0.15) is 4.31 Å². The molecule has 1 heterocycles. The zero-order valence-electron chi connectivity index (χ0n) is 17.9. The third kappa shape index (κ3) is 6.60. The van der Waals surface area contributed by atoms with E-state index in [1.807, 2.05) is 25.1 Å². The number of rotatable bonds is 9. The number of carbonyl (C=O) groups excluding carboxylic acids is 1. The highest BCUT2D eigenvalue weighted by molar-refractivity contribution is 7.89. The van der Waals surface area contributed by atoms with Crippen molar-refractivity contribution in [3.8, 4) is 11.5 Å². The van der Waals surface area contributed by atoms with E-state index in [1.165, 1.54) is 9.87 Å². The molecular formula is C22H29N3O5S. The van der Waals surface area contributed by atoms with Crippen molar-refractivity contribution < 1.29 is 22.7 Å². The molecule has 0 saturated carbocycles. The molecule has 2 aromatic rings. The minimum absolute atomic E-state index is 0.0424. The molecule has 0 atom stereocenters. The van der Waals surface area contributed by atoms with Crippen molar-refractivity contribution in [1.82, 2.24) is 9.62 Å². The number of piperazine rings is 1. The quantitative estimate of drug-likeness (QED) is 0.629. The van der Waals surface area contributed by atoms with Gasteiger partial charge in [0.1, 0.15) is 11.5 Å². The summed E-state index contributed by atoms with van der Waals surface area (Å²) in [5.41, 5.74) is 2.29. The van der Waals surface area contributed by atoms with Gasteiger partial charge in [-0.15, -0.1) is 0 Å². The number of ether oxygens (including phenoxy) is 2. The second-order valence-electron chi connectivity index (χ2n) is 7.36. The summed E-state index contributed by atoms with van der Waals surface area (Å²) in [6.07, 6.45) is 0. The Kier molecular flexibility index (Phi) is 7.75. The Morgan fingerprint density at radius 3 is 2.45 bits per heavy atom. The van der Waals surface area contributed by atoms with Crippen LogP contribution in [0.3, 0.4) is 0 Å². The van der Waals surface area contributed by atoms with Gasteiger partial charge >= 0.3 is 0 Å². The van der Waals surface area contributed by atoms with Crippen molar-refractivity contribution >= 4 is 21.6 Å². The number of benzene rings is 2. The zero-order chi connectivity index (χ0) is 22.3. The fourth-order valence-corrected chi connectivity index (χ4v) is 4.73. The fourth-order valence-electron chi connectivity index (χ4n) is 3.39. The molecule has 0 unspecified atom stereocenters. The van der Waals surface area contributed by atoms with Gasteiger partial charge in [0.25, 0.3) is 5.91 Å². The Bertz CT molecular complexity index is 988. The van der Waals surface area contributed by atoms with E-state index in [0.717, 1.165) is 5.69 Å². The van der Waals surface area contributed by atoms with Gasteiger partial charge < -0.3 is 19.7 Å². The monoisotopic (exact) mass is 447 g/mol. The number of amides is 1. The summed E-state index contributed by atoms with van der Waals surface area (Å²) in [7, 11) is -1.88. The van der Waals surface area contributed by atoms with Crippen LogP contribution >= 0.6 is 0 Å². The van der Waals surface area contributed by atoms with Crippen molar-refractivity contribution in [1.29, 1.82) is 0 Å². The summed E-state index contributed by atoms with van der Waals surface area (Å²) in [6.45, 7) is 4.04. The van der Waals surface area contributed by atoms with E-state index in [-0.39, 0.29) is 24.8 Å². The van der Waals surface area contributed by atoms with Gasteiger partial charge in [-0.1, -0.05) is 18.2 Å². The lowest BCUT2D eigenvalue weighted by molar-refractivity contribution is -0.122. The lowest BCUT2D eigenvalue weighted by atomic mass is 10.2. The first-order valence-electron chi connectivity index (χ1n) is 10.2. The maximum atomic E-state index is 12.6. The lowest BCUT2D eigenvalue weighted by Crippen LogP contribution is -2.50. The van der Waals surface area contributed by atoms with E-state index in [4.69, 9.17) is 9.47 Å². The molecule has 1 aliphatic rings. The minimum Gasteiger partial charge on any atom is -0.497 e. The predicted molar refractivity (Wildman–Crippen MR) is 120 cm³/mol. The second kappa shape index (κ2) is 10.5. The molecule has 1 saturated heterocycles. The smallest absolute Gasteiger partial charge is 0.257 e. The SMILES string of the molecule is COc1cccc(OCC(=O)NCCS(=O)(=O)N2CCN(c3cccc(C)c3)CC2)c1. The van der Waals surface area contributed by atoms with Crippen molar-refractivity contribution in [2.45, 2.75) is 6.92 Å². The van der Waals surface area contributed by atoms with Crippen molar-refractivity contribution in [3.63, 3.8) is 0 Å². The third-order valence-electron chi connectivity index (χ3n) is 5.09. The second-order valence-corrected chi connectivity index (χ2v) is 9.45. The molecule has 0 radical (unpaired) electrons. The highest BCUT2D eigenvalue weighted by Crippen LogP contribution is 2.19.